The van der Waals surface area contributed by atoms with Crippen molar-refractivity contribution in [3.05, 3.63) is 35.4 Å². The van der Waals surface area contributed by atoms with Gasteiger partial charge in [0.05, 0.1) is 0 Å². The summed E-state index contributed by atoms with van der Waals surface area (Å²) >= 11 is 0. The van der Waals surface area contributed by atoms with Crippen molar-refractivity contribution in [2.75, 3.05) is 13.2 Å². The molecule has 1 aliphatic carbocycles. The van der Waals surface area contributed by atoms with E-state index in [-0.39, 0.29) is 5.54 Å². The smallest absolute Gasteiger partial charge is 0.0483 e. The summed E-state index contributed by atoms with van der Waals surface area (Å²) in [7, 11) is 0. The fourth-order valence-corrected chi connectivity index (χ4v) is 3.79. The number of rotatable bonds is 2. The lowest BCUT2D eigenvalue weighted by atomic mass is 9.74. The lowest BCUT2D eigenvalue weighted by Crippen LogP contribution is -2.42. The van der Waals surface area contributed by atoms with E-state index in [1.165, 1.54) is 19.3 Å². The Bertz CT molecular complexity index is 421. The summed E-state index contributed by atoms with van der Waals surface area (Å²) in [5, 5.41) is 0. The van der Waals surface area contributed by atoms with E-state index in [2.05, 4.69) is 24.3 Å². The van der Waals surface area contributed by atoms with E-state index >= 15 is 0 Å². The van der Waals surface area contributed by atoms with Gasteiger partial charge in [0.25, 0.3) is 0 Å². The van der Waals surface area contributed by atoms with Crippen molar-refractivity contribution in [2.45, 2.75) is 56.4 Å². The lowest BCUT2D eigenvalue weighted by molar-refractivity contribution is 0.138. The second-order valence-corrected chi connectivity index (χ2v) is 6.32. The maximum Gasteiger partial charge on any atom is 0.0483 e. The van der Waals surface area contributed by atoms with Crippen LogP contribution < -0.4 is 5.73 Å². The number of benzene rings is 1. The molecule has 1 aromatic rings. The molecule has 1 heterocycles. The van der Waals surface area contributed by atoms with Crippen LogP contribution in [0.5, 0.6) is 0 Å². The number of hydrogen-bond donors (Lipinski definition) is 1. The molecular weight excluding hydrogens is 234 g/mol. The van der Waals surface area contributed by atoms with Crippen molar-refractivity contribution in [2.24, 2.45) is 5.73 Å². The van der Waals surface area contributed by atoms with Gasteiger partial charge >= 0.3 is 0 Å². The van der Waals surface area contributed by atoms with Gasteiger partial charge in [-0.25, -0.2) is 0 Å². The van der Waals surface area contributed by atoms with Gasteiger partial charge in [-0.1, -0.05) is 24.3 Å². The summed E-state index contributed by atoms with van der Waals surface area (Å²) in [6.07, 6.45) is 8.24. The number of hydrogen-bond acceptors (Lipinski definition) is 2. The predicted octanol–water partition coefficient (Wildman–Crippen LogP) is 3.39. The summed E-state index contributed by atoms with van der Waals surface area (Å²) in [4.78, 5) is 0. The average Bonchev–Trinajstić information content (AvgIpc) is 2.64. The Hall–Kier alpha value is -0.860. The Labute approximate surface area is 116 Å². The van der Waals surface area contributed by atoms with Crippen molar-refractivity contribution in [3.8, 4) is 0 Å². The molecule has 2 unspecified atom stereocenters. The van der Waals surface area contributed by atoms with Gasteiger partial charge in [0, 0.05) is 18.8 Å². The molecule has 0 aromatic heterocycles. The van der Waals surface area contributed by atoms with Gasteiger partial charge < -0.3 is 10.5 Å². The summed E-state index contributed by atoms with van der Waals surface area (Å²) in [6.45, 7) is 1.73. The average molecular weight is 259 g/mol. The molecule has 0 bridgehead atoms. The van der Waals surface area contributed by atoms with Crippen LogP contribution >= 0.6 is 0 Å². The van der Waals surface area contributed by atoms with E-state index in [1.54, 1.807) is 11.1 Å². The highest BCUT2D eigenvalue weighted by molar-refractivity contribution is 5.33. The molecule has 0 amide bonds. The van der Waals surface area contributed by atoms with E-state index < -0.39 is 0 Å². The highest BCUT2D eigenvalue weighted by atomic mass is 16.5. The molecular formula is C17H25NO. The molecule has 1 fully saturated rings. The van der Waals surface area contributed by atoms with Crippen LogP contribution in [0.3, 0.4) is 0 Å². The van der Waals surface area contributed by atoms with Crippen LogP contribution in [0.15, 0.2) is 24.3 Å². The van der Waals surface area contributed by atoms with Crippen LogP contribution in [-0.2, 0) is 11.2 Å². The second-order valence-electron chi connectivity index (χ2n) is 6.32. The van der Waals surface area contributed by atoms with Crippen molar-refractivity contribution >= 4 is 0 Å². The highest BCUT2D eigenvalue weighted by Crippen LogP contribution is 2.38. The quantitative estimate of drug-likeness (QED) is 0.883. The van der Waals surface area contributed by atoms with Crippen LogP contribution in [0, 0.1) is 0 Å². The number of fused-ring (bicyclic) bond motifs is 1. The maximum atomic E-state index is 6.67. The molecule has 1 aromatic carbocycles. The Balaban J connectivity index is 1.76. The summed E-state index contributed by atoms with van der Waals surface area (Å²) in [5.74, 6) is 0.660. The van der Waals surface area contributed by atoms with Gasteiger partial charge in [0.1, 0.15) is 0 Å². The molecule has 2 nitrogen and oxygen atoms in total. The lowest BCUT2D eigenvalue weighted by Gasteiger charge is -2.35. The summed E-state index contributed by atoms with van der Waals surface area (Å²) in [5.41, 5.74) is 9.77. The van der Waals surface area contributed by atoms with Crippen LogP contribution in [0.2, 0.25) is 0 Å². The first-order chi connectivity index (χ1) is 9.27. The minimum Gasteiger partial charge on any atom is -0.381 e. The third-order valence-corrected chi connectivity index (χ3v) is 4.85. The minimum atomic E-state index is -0.00832. The van der Waals surface area contributed by atoms with Gasteiger partial charge in [-0.2, -0.15) is 0 Å². The molecule has 19 heavy (non-hydrogen) atoms. The van der Waals surface area contributed by atoms with E-state index in [4.69, 9.17) is 10.5 Å². The molecule has 3 rings (SSSR count). The van der Waals surface area contributed by atoms with E-state index in [1.807, 2.05) is 0 Å². The third-order valence-electron chi connectivity index (χ3n) is 4.85. The Morgan fingerprint density at radius 2 is 2.05 bits per heavy atom. The topological polar surface area (TPSA) is 35.2 Å². The largest absolute Gasteiger partial charge is 0.381 e. The zero-order valence-electron chi connectivity index (χ0n) is 11.7. The summed E-state index contributed by atoms with van der Waals surface area (Å²) in [6, 6.07) is 8.95. The molecule has 0 radical (unpaired) electrons. The molecule has 0 saturated carbocycles. The van der Waals surface area contributed by atoms with Crippen molar-refractivity contribution in [3.63, 3.8) is 0 Å². The third kappa shape index (κ3) is 3.01. The zero-order valence-corrected chi connectivity index (χ0v) is 11.7. The van der Waals surface area contributed by atoms with Crippen LogP contribution in [-0.4, -0.2) is 18.8 Å². The van der Waals surface area contributed by atoms with Crippen molar-refractivity contribution < 1.29 is 4.74 Å². The Kier molecular flexibility index (Phi) is 3.90. The molecule has 2 atom stereocenters. The fourth-order valence-electron chi connectivity index (χ4n) is 3.79. The van der Waals surface area contributed by atoms with Crippen LogP contribution in [0.1, 0.15) is 55.6 Å². The molecule has 2 N–H and O–H groups in total. The molecule has 1 saturated heterocycles. The van der Waals surface area contributed by atoms with E-state index in [0.29, 0.717) is 5.92 Å². The van der Waals surface area contributed by atoms with Gasteiger partial charge in [-0.05, 0) is 62.0 Å². The van der Waals surface area contributed by atoms with Crippen LogP contribution in [0.4, 0.5) is 0 Å². The van der Waals surface area contributed by atoms with Gasteiger partial charge in [0.2, 0.25) is 0 Å². The maximum absolute atomic E-state index is 6.67. The normalized spacial score (nSPS) is 31.5. The first-order valence-electron chi connectivity index (χ1n) is 7.71. The Morgan fingerprint density at radius 3 is 3.00 bits per heavy atom. The molecule has 1 aliphatic heterocycles. The predicted molar refractivity (Wildman–Crippen MR) is 78.3 cm³/mol. The van der Waals surface area contributed by atoms with Crippen LogP contribution in [0.25, 0.3) is 0 Å². The van der Waals surface area contributed by atoms with E-state index in [9.17, 15) is 0 Å². The van der Waals surface area contributed by atoms with Gasteiger partial charge in [0.15, 0.2) is 0 Å². The standard InChI is InChI=1S/C17H25NO/c18-17(9-4-11-19-12-10-17)13-15-7-3-6-14-5-1-2-8-16(14)15/h1-2,5,8,15H,3-4,6-7,9-13,18H2. The highest BCUT2D eigenvalue weighted by Gasteiger charge is 2.32. The Morgan fingerprint density at radius 1 is 1.16 bits per heavy atom. The number of ether oxygens (including phenoxy) is 1. The van der Waals surface area contributed by atoms with Gasteiger partial charge in [-0.3, -0.25) is 0 Å². The monoisotopic (exact) mass is 259 g/mol. The van der Waals surface area contributed by atoms with E-state index in [0.717, 1.165) is 38.9 Å². The minimum absolute atomic E-state index is 0.00832. The number of aryl methyl sites for hydroxylation is 1. The second kappa shape index (κ2) is 5.64. The molecule has 2 aliphatic rings. The van der Waals surface area contributed by atoms with Crippen molar-refractivity contribution in [1.82, 2.24) is 0 Å². The van der Waals surface area contributed by atoms with Crippen molar-refractivity contribution in [1.29, 1.82) is 0 Å². The van der Waals surface area contributed by atoms with Gasteiger partial charge in [-0.15, -0.1) is 0 Å². The zero-order chi connectivity index (χ0) is 13.1. The molecule has 2 heteroatoms. The SMILES string of the molecule is NC1(CC2CCCc3ccccc32)CCCOCC1. The fraction of sp³-hybridized carbons (Fsp3) is 0.647. The number of nitrogens with two attached hydrogens (primary N) is 1. The summed E-state index contributed by atoms with van der Waals surface area (Å²) < 4.78 is 5.57. The molecule has 0 spiro atoms. The first-order valence-corrected chi connectivity index (χ1v) is 7.71. The molecule has 104 valence electrons. The first kappa shape index (κ1) is 13.1.